The first-order chi connectivity index (χ1) is 8.16. The Bertz CT molecular complexity index is 406. The molecule has 0 N–H and O–H groups in total. The van der Waals surface area contributed by atoms with Crippen LogP contribution in [0.25, 0.3) is 0 Å². The Hall–Kier alpha value is -0.720. The number of methoxy groups -OCH3 is 1. The van der Waals surface area contributed by atoms with E-state index in [1.807, 2.05) is 6.92 Å². The second kappa shape index (κ2) is 7.58. The van der Waals surface area contributed by atoms with Gasteiger partial charge in [0.15, 0.2) is 0 Å². The molecule has 0 aliphatic heterocycles. The summed E-state index contributed by atoms with van der Waals surface area (Å²) in [6.45, 7) is 4.23. The molecule has 0 spiro atoms. The van der Waals surface area contributed by atoms with Gasteiger partial charge in [-0.15, -0.1) is 0 Å². The van der Waals surface area contributed by atoms with Gasteiger partial charge in [0, 0.05) is 26.5 Å². The third-order valence-electron chi connectivity index (χ3n) is 2.31. The van der Waals surface area contributed by atoms with Crippen LogP contribution >= 0.6 is 15.9 Å². The standard InChI is InChI=1S/C11H17BrN2O3/c1-9-13-8-10(12)11(15)14(9)4-3-5-17-7-6-16-2/h8H,3-7H2,1-2H3. The van der Waals surface area contributed by atoms with Crippen molar-refractivity contribution in [1.82, 2.24) is 9.55 Å². The van der Waals surface area contributed by atoms with Gasteiger partial charge < -0.3 is 9.47 Å². The third-order valence-corrected chi connectivity index (χ3v) is 2.85. The van der Waals surface area contributed by atoms with E-state index in [1.165, 1.54) is 6.20 Å². The molecule has 1 aromatic rings. The molecule has 0 radical (unpaired) electrons. The molecule has 0 atom stereocenters. The topological polar surface area (TPSA) is 53.4 Å². The van der Waals surface area contributed by atoms with Crippen LogP contribution in [0, 0.1) is 6.92 Å². The molecule has 0 aromatic carbocycles. The first-order valence-electron chi connectivity index (χ1n) is 5.45. The predicted octanol–water partition coefficient (Wildman–Crippen LogP) is 1.37. The number of hydrogen-bond acceptors (Lipinski definition) is 4. The molecule has 0 aliphatic rings. The van der Waals surface area contributed by atoms with Crippen molar-refractivity contribution in [3.8, 4) is 0 Å². The van der Waals surface area contributed by atoms with E-state index in [2.05, 4.69) is 20.9 Å². The number of halogens is 1. The highest BCUT2D eigenvalue weighted by Crippen LogP contribution is 2.02. The zero-order chi connectivity index (χ0) is 12.7. The van der Waals surface area contributed by atoms with E-state index < -0.39 is 0 Å². The predicted molar refractivity (Wildman–Crippen MR) is 68.2 cm³/mol. The molecule has 17 heavy (non-hydrogen) atoms. The van der Waals surface area contributed by atoms with Crippen molar-refractivity contribution in [3.05, 3.63) is 26.8 Å². The fourth-order valence-corrected chi connectivity index (χ4v) is 1.70. The van der Waals surface area contributed by atoms with Crippen LogP contribution in [0.4, 0.5) is 0 Å². The smallest absolute Gasteiger partial charge is 0.267 e. The lowest BCUT2D eigenvalue weighted by Crippen LogP contribution is -2.24. The summed E-state index contributed by atoms with van der Waals surface area (Å²) in [4.78, 5) is 15.9. The molecule has 0 aliphatic carbocycles. The molecular weight excluding hydrogens is 288 g/mol. The van der Waals surface area contributed by atoms with Gasteiger partial charge in [0.25, 0.3) is 5.56 Å². The van der Waals surface area contributed by atoms with E-state index in [1.54, 1.807) is 11.7 Å². The molecule has 6 heteroatoms. The third kappa shape index (κ3) is 4.57. The highest BCUT2D eigenvalue weighted by atomic mass is 79.9. The second-order valence-corrected chi connectivity index (χ2v) is 4.42. The van der Waals surface area contributed by atoms with Crippen LogP contribution in [0.2, 0.25) is 0 Å². The zero-order valence-electron chi connectivity index (χ0n) is 10.1. The molecule has 96 valence electrons. The summed E-state index contributed by atoms with van der Waals surface area (Å²) in [7, 11) is 1.64. The maximum absolute atomic E-state index is 11.8. The fourth-order valence-electron chi connectivity index (χ4n) is 1.38. The van der Waals surface area contributed by atoms with Gasteiger partial charge in [0.05, 0.1) is 13.2 Å². The summed E-state index contributed by atoms with van der Waals surface area (Å²) in [5, 5.41) is 0. The molecule has 5 nitrogen and oxygen atoms in total. The first kappa shape index (κ1) is 14.3. The number of hydrogen-bond donors (Lipinski definition) is 0. The van der Waals surface area contributed by atoms with E-state index in [0.29, 0.717) is 30.8 Å². The largest absolute Gasteiger partial charge is 0.382 e. The van der Waals surface area contributed by atoms with Gasteiger partial charge in [-0.05, 0) is 29.3 Å². The average Bonchev–Trinajstić information content (AvgIpc) is 2.32. The van der Waals surface area contributed by atoms with Crippen molar-refractivity contribution < 1.29 is 9.47 Å². The second-order valence-electron chi connectivity index (χ2n) is 3.57. The summed E-state index contributed by atoms with van der Waals surface area (Å²) in [6.07, 6.45) is 2.31. The van der Waals surface area contributed by atoms with Crippen molar-refractivity contribution in [2.24, 2.45) is 0 Å². The van der Waals surface area contributed by atoms with Crippen molar-refractivity contribution in [1.29, 1.82) is 0 Å². The SMILES string of the molecule is COCCOCCCn1c(C)ncc(Br)c1=O. The van der Waals surface area contributed by atoms with Crippen molar-refractivity contribution >= 4 is 15.9 Å². The van der Waals surface area contributed by atoms with E-state index in [0.717, 1.165) is 12.2 Å². The van der Waals surface area contributed by atoms with Crippen LogP contribution in [0.5, 0.6) is 0 Å². The molecule has 1 aromatic heterocycles. The number of ether oxygens (including phenoxy) is 2. The Morgan fingerprint density at radius 1 is 1.41 bits per heavy atom. The normalized spacial score (nSPS) is 10.8. The maximum atomic E-state index is 11.8. The van der Waals surface area contributed by atoms with E-state index in [-0.39, 0.29) is 5.56 Å². The van der Waals surface area contributed by atoms with Crippen LogP contribution in [0.15, 0.2) is 15.5 Å². The maximum Gasteiger partial charge on any atom is 0.267 e. The molecule has 0 saturated heterocycles. The molecule has 0 fully saturated rings. The minimum atomic E-state index is -0.0469. The molecule has 1 rings (SSSR count). The average molecular weight is 305 g/mol. The van der Waals surface area contributed by atoms with Crippen molar-refractivity contribution in [2.75, 3.05) is 26.9 Å². The number of aryl methyl sites for hydroxylation is 1. The summed E-state index contributed by atoms with van der Waals surface area (Å²) >= 11 is 3.18. The van der Waals surface area contributed by atoms with Gasteiger partial charge in [-0.2, -0.15) is 0 Å². The van der Waals surface area contributed by atoms with Crippen LogP contribution in [0.3, 0.4) is 0 Å². The summed E-state index contributed by atoms with van der Waals surface area (Å²) < 4.78 is 12.3. The number of aromatic nitrogens is 2. The highest BCUT2D eigenvalue weighted by Gasteiger charge is 2.04. The Kier molecular flexibility index (Phi) is 6.39. The van der Waals surface area contributed by atoms with Gasteiger partial charge in [0.2, 0.25) is 0 Å². The molecular formula is C11H17BrN2O3. The Balaban J connectivity index is 2.42. The number of rotatable bonds is 7. The van der Waals surface area contributed by atoms with Gasteiger partial charge in [0.1, 0.15) is 10.3 Å². The lowest BCUT2D eigenvalue weighted by Gasteiger charge is -2.09. The van der Waals surface area contributed by atoms with Crippen LogP contribution in [-0.4, -0.2) is 36.5 Å². The van der Waals surface area contributed by atoms with Gasteiger partial charge in [-0.3, -0.25) is 9.36 Å². The lowest BCUT2D eigenvalue weighted by molar-refractivity contribution is 0.0678. The van der Waals surface area contributed by atoms with Gasteiger partial charge >= 0.3 is 0 Å². The Morgan fingerprint density at radius 3 is 2.88 bits per heavy atom. The van der Waals surface area contributed by atoms with Gasteiger partial charge in [-0.25, -0.2) is 4.98 Å². The summed E-state index contributed by atoms with van der Waals surface area (Å²) in [5.41, 5.74) is -0.0469. The molecule has 0 amide bonds. The lowest BCUT2D eigenvalue weighted by atomic mass is 10.4. The summed E-state index contributed by atoms with van der Waals surface area (Å²) in [5.74, 6) is 0.718. The number of nitrogens with zero attached hydrogens (tertiary/aromatic N) is 2. The van der Waals surface area contributed by atoms with Crippen molar-refractivity contribution in [3.63, 3.8) is 0 Å². The first-order valence-corrected chi connectivity index (χ1v) is 6.24. The Morgan fingerprint density at radius 2 is 2.18 bits per heavy atom. The van der Waals surface area contributed by atoms with Crippen LogP contribution in [0.1, 0.15) is 12.2 Å². The van der Waals surface area contributed by atoms with Crippen molar-refractivity contribution in [2.45, 2.75) is 19.9 Å². The van der Waals surface area contributed by atoms with Crippen LogP contribution < -0.4 is 5.56 Å². The quantitative estimate of drug-likeness (QED) is 0.714. The highest BCUT2D eigenvalue weighted by molar-refractivity contribution is 9.10. The minimum Gasteiger partial charge on any atom is -0.382 e. The minimum absolute atomic E-state index is 0.0469. The van der Waals surface area contributed by atoms with Gasteiger partial charge in [-0.1, -0.05) is 0 Å². The fraction of sp³-hybridized carbons (Fsp3) is 0.636. The molecule has 1 heterocycles. The van der Waals surface area contributed by atoms with E-state index in [9.17, 15) is 4.79 Å². The summed E-state index contributed by atoms with van der Waals surface area (Å²) in [6, 6.07) is 0. The Labute approximate surface area is 109 Å². The molecule has 0 bridgehead atoms. The molecule has 0 saturated carbocycles. The molecule has 0 unspecified atom stereocenters. The van der Waals surface area contributed by atoms with Crippen LogP contribution in [-0.2, 0) is 16.0 Å². The zero-order valence-corrected chi connectivity index (χ0v) is 11.7. The monoisotopic (exact) mass is 304 g/mol. The van der Waals surface area contributed by atoms with E-state index in [4.69, 9.17) is 9.47 Å². The van der Waals surface area contributed by atoms with E-state index >= 15 is 0 Å².